The van der Waals surface area contributed by atoms with Gasteiger partial charge in [0.2, 0.25) is 0 Å². The van der Waals surface area contributed by atoms with E-state index in [2.05, 4.69) is 20.4 Å². The summed E-state index contributed by atoms with van der Waals surface area (Å²) in [5, 5.41) is 8.32. The molecule has 6 nitrogen and oxygen atoms in total. The molecule has 0 saturated carbocycles. The summed E-state index contributed by atoms with van der Waals surface area (Å²) in [5.41, 5.74) is 2.53. The van der Waals surface area contributed by atoms with Crippen LogP contribution in [0, 0.1) is 0 Å². The molecular formula is C23H16ClF2N5O. The molecule has 0 unspecified atom stereocenters. The van der Waals surface area contributed by atoms with E-state index in [0.717, 1.165) is 21.1 Å². The zero-order valence-electron chi connectivity index (χ0n) is 16.5. The molecule has 1 amide bonds. The maximum absolute atomic E-state index is 13.7. The number of H-pyrrole nitrogens is 1. The number of rotatable bonds is 5. The highest BCUT2D eigenvalue weighted by atomic mass is 35.5. The highest BCUT2D eigenvalue weighted by Crippen LogP contribution is 2.27. The summed E-state index contributed by atoms with van der Waals surface area (Å²) < 4.78 is 28.4. The number of hydrogen-bond acceptors (Lipinski definition) is 3. The van der Waals surface area contributed by atoms with Gasteiger partial charge in [0.15, 0.2) is 5.65 Å². The Labute approximate surface area is 185 Å². The molecule has 3 heterocycles. The number of nitrogens with zero attached hydrogens (tertiary/aromatic N) is 3. The van der Waals surface area contributed by atoms with Gasteiger partial charge in [-0.2, -0.15) is 5.10 Å². The third-order valence-corrected chi connectivity index (χ3v) is 5.35. The highest BCUT2D eigenvalue weighted by molar-refractivity contribution is 6.31. The molecule has 0 radical (unpaired) electrons. The number of carbonyl (C=O) groups is 1. The maximum atomic E-state index is 13.7. The lowest BCUT2D eigenvalue weighted by Gasteiger charge is -2.08. The van der Waals surface area contributed by atoms with E-state index in [1.165, 1.54) is 12.3 Å². The first-order valence-electron chi connectivity index (χ1n) is 9.77. The molecule has 0 fully saturated rings. The summed E-state index contributed by atoms with van der Waals surface area (Å²) in [7, 11) is 0. The fraction of sp³-hybridized carbons (Fsp3) is 0.0870. The summed E-state index contributed by atoms with van der Waals surface area (Å²) in [6, 6.07) is 17.6. The monoisotopic (exact) mass is 451 g/mol. The highest BCUT2D eigenvalue weighted by Gasteiger charge is 2.21. The lowest BCUT2D eigenvalue weighted by molar-refractivity contribution is 0.0951. The fourth-order valence-corrected chi connectivity index (χ4v) is 3.77. The molecule has 0 saturated heterocycles. The molecule has 9 heteroatoms. The normalized spacial score (nSPS) is 11.5. The number of alkyl halides is 2. The van der Waals surface area contributed by atoms with Crippen LogP contribution in [-0.2, 0) is 6.54 Å². The number of nitrogens with one attached hydrogen (secondary N) is 2. The number of carbonyl (C=O) groups excluding carboxylic acids is 1. The van der Waals surface area contributed by atoms with Crippen molar-refractivity contribution in [2.45, 2.75) is 13.0 Å². The molecule has 160 valence electrons. The predicted octanol–water partition coefficient (Wildman–Crippen LogP) is 5.40. The van der Waals surface area contributed by atoms with E-state index in [1.54, 1.807) is 30.3 Å². The van der Waals surface area contributed by atoms with Gasteiger partial charge in [0.1, 0.15) is 11.3 Å². The molecule has 0 aliphatic carbocycles. The Bertz CT molecular complexity index is 1450. The van der Waals surface area contributed by atoms with E-state index >= 15 is 0 Å². The molecule has 0 aliphatic rings. The first kappa shape index (κ1) is 20.1. The minimum absolute atomic E-state index is 0.0718. The van der Waals surface area contributed by atoms with Crippen molar-refractivity contribution in [2.24, 2.45) is 0 Å². The van der Waals surface area contributed by atoms with Gasteiger partial charge >= 0.3 is 0 Å². The molecular weight excluding hydrogens is 436 g/mol. The number of benzene rings is 2. The average Bonchev–Trinajstić information content (AvgIpc) is 3.40. The molecule has 3 aromatic heterocycles. The van der Waals surface area contributed by atoms with Crippen molar-refractivity contribution >= 4 is 34.1 Å². The summed E-state index contributed by atoms with van der Waals surface area (Å²) in [6.07, 6.45) is -1.53. The van der Waals surface area contributed by atoms with Crippen LogP contribution in [0.2, 0.25) is 5.02 Å². The third kappa shape index (κ3) is 3.69. The van der Waals surface area contributed by atoms with Crippen LogP contribution in [-0.4, -0.2) is 25.5 Å². The average molecular weight is 452 g/mol. The van der Waals surface area contributed by atoms with E-state index in [1.807, 2.05) is 24.3 Å². The smallest absolute Gasteiger partial charge is 0.280 e. The zero-order chi connectivity index (χ0) is 22.2. The van der Waals surface area contributed by atoms with Crippen LogP contribution in [0.4, 0.5) is 8.78 Å². The van der Waals surface area contributed by atoms with Crippen LogP contribution in [0.15, 0.2) is 66.9 Å². The standard InChI is InChI=1S/C23H16ClF2N5O/c24-15-6-7-18-14(8-15)9-16(29-18)11-27-23(32)17-12-28-31-20(21(25)26)10-19(30-22(17)31)13-4-2-1-3-5-13/h1-10,12,21,29H,11H2,(H,27,32). The van der Waals surface area contributed by atoms with E-state index in [-0.39, 0.29) is 23.4 Å². The second kappa shape index (κ2) is 8.05. The quantitative estimate of drug-likeness (QED) is 0.376. The Hall–Kier alpha value is -3.78. The van der Waals surface area contributed by atoms with E-state index in [0.29, 0.717) is 16.3 Å². The summed E-state index contributed by atoms with van der Waals surface area (Å²) in [6.45, 7) is 0.211. The van der Waals surface area contributed by atoms with Gasteiger partial charge in [0.25, 0.3) is 12.3 Å². The number of aromatic amines is 1. The summed E-state index contributed by atoms with van der Waals surface area (Å²) in [4.78, 5) is 20.5. The van der Waals surface area contributed by atoms with Crippen LogP contribution < -0.4 is 5.32 Å². The second-order valence-corrected chi connectivity index (χ2v) is 7.67. The van der Waals surface area contributed by atoms with Gasteiger partial charge < -0.3 is 10.3 Å². The Balaban J connectivity index is 1.47. The molecule has 0 aliphatic heterocycles. The van der Waals surface area contributed by atoms with Crippen molar-refractivity contribution in [3.63, 3.8) is 0 Å². The Morgan fingerprint density at radius 3 is 2.72 bits per heavy atom. The second-order valence-electron chi connectivity index (χ2n) is 7.24. The number of amides is 1. The van der Waals surface area contributed by atoms with Crippen molar-refractivity contribution in [2.75, 3.05) is 0 Å². The molecule has 0 atom stereocenters. The lowest BCUT2D eigenvalue weighted by atomic mass is 10.1. The molecule has 0 bridgehead atoms. The first-order chi connectivity index (χ1) is 15.5. The van der Waals surface area contributed by atoms with Crippen molar-refractivity contribution < 1.29 is 13.6 Å². The number of aromatic nitrogens is 4. The SMILES string of the molecule is O=C(NCc1cc2cc(Cl)ccc2[nH]1)c1cnn2c(C(F)F)cc(-c3ccccc3)nc12. The largest absolute Gasteiger partial charge is 0.357 e. The van der Waals surface area contributed by atoms with Crippen LogP contribution in [0.25, 0.3) is 27.8 Å². The minimum atomic E-state index is -2.78. The lowest BCUT2D eigenvalue weighted by Crippen LogP contribution is -2.23. The van der Waals surface area contributed by atoms with Crippen LogP contribution >= 0.6 is 11.6 Å². The van der Waals surface area contributed by atoms with Gasteiger partial charge in [-0.05, 0) is 30.3 Å². The summed E-state index contributed by atoms with van der Waals surface area (Å²) in [5.74, 6) is -0.463. The number of halogens is 3. The van der Waals surface area contributed by atoms with E-state index in [9.17, 15) is 13.6 Å². The van der Waals surface area contributed by atoms with Gasteiger partial charge in [-0.3, -0.25) is 4.79 Å². The number of hydrogen-bond donors (Lipinski definition) is 2. The van der Waals surface area contributed by atoms with Gasteiger partial charge in [-0.25, -0.2) is 18.3 Å². The zero-order valence-corrected chi connectivity index (χ0v) is 17.3. The van der Waals surface area contributed by atoms with E-state index < -0.39 is 12.3 Å². The molecule has 2 N–H and O–H groups in total. The Morgan fingerprint density at radius 1 is 1.12 bits per heavy atom. The van der Waals surface area contributed by atoms with Gasteiger partial charge in [-0.1, -0.05) is 41.9 Å². The van der Waals surface area contributed by atoms with Crippen molar-refractivity contribution in [3.8, 4) is 11.3 Å². The molecule has 32 heavy (non-hydrogen) atoms. The van der Waals surface area contributed by atoms with Crippen molar-refractivity contribution in [3.05, 3.63) is 88.8 Å². The maximum Gasteiger partial charge on any atom is 0.280 e. The van der Waals surface area contributed by atoms with Crippen molar-refractivity contribution in [1.82, 2.24) is 24.9 Å². The van der Waals surface area contributed by atoms with Crippen LogP contribution in [0.3, 0.4) is 0 Å². The first-order valence-corrected chi connectivity index (χ1v) is 10.1. The summed E-state index contributed by atoms with van der Waals surface area (Å²) >= 11 is 6.02. The Morgan fingerprint density at radius 2 is 1.94 bits per heavy atom. The third-order valence-electron chi connectivity index (χ3n) is 5.12. The molecule has 0 spiro atoms. The molecule has 2 aromatic carbocycles. The molecule has 5 aromatic rings. The van der Waals surface area contributed by atoms with Gasteiger partial charge in [0.05, 0.1) is 18.4 Å². The van der Waals surface area contributed by atoms with Crippen LogP contribution in [0.5, 0.6) is 0 Å². The minimum Gasteiger partial charge on any atom is -0.357 e. The van der Waals surface area contributed by atoms with Gasteiger partial charge in [-0.15, -0.1) is 0 Å². The fourth-order valence-electron chi connectivity index (χ4n) is 3.59. The van der Waals surface area contributed by atoms with Crippen LogP contribution in [0.1, 0.15) is 28.2 Å². The topological polar surface area (TPSA) is 75.1 Å². The Kier molecular flexibility index (Phi) is 5.07. The van der Waals surface area contributed by atoms with Gasteiger partial charge in [0, 0.05) is 27.2 Å². The van der Waals surface area contributed by atoms with Crippen molar-refractivity contribution in [1.29, 1.82) is 0 Å². The molecule has 5 rings (SSSR count). The predicted molar refractivity (Wildman–Crippen MR) is 118 cm³/mol. The van der Waals surface area contributed by atoms with E-state index in [4.69, 9.17) is 11.6 Å². The number of fused-ring (bicyclic) bond motifs is 2.